The van der Waals surface area contributed by atoms with Gasteiger partial charge in [-0.05, 0) is 67.7 Å². The Morgan fingerprint density at radius 3 is 1.95 bits per heavy atom. The highest BCUT2D eigenvalue weighted by atomic mass is 16.5. The molecular weight excluding hydrogens is 500 g/mol. The van der Waals surface area contributed by atoms with Crippen LogP contribution in [0.2, 0.25) is 0 Å². The van der Waals surface area contributed by atoms with Gasteiger partial charge in [-0.1, -0.05) is 111 Å². The van der Waals surface area contributed by atoms with E-state index in [4.69, 9.17) is 9.47 Å². The third kappa shape index (κ3) is 3.13. The molecule has 0 amide bonds. The largest absolute Gasteiger partial charge is 0.481 e. The van der Waals surface area contributed by atoms with Gasteiger partial charge in [-0.25, -0.2) is 0 Å². The summed E-state index contributed by atoms with van der Waals surface area (Å²) in [6.45, 7) is 4.61. The van der Waals surface area contributed by atoms with E-state index in [1.807, 2.05) is 6.07 Å². The van der Waals surface area contributed by atoms with Gasteiger partial charge in [0.05, 0.1) is 5.92 Å². The lowest BCUT2D eigenvalue weighted by Gasteiger charge is -2.39. The molecule has 0 N–H and O–H groups in total. The lowest BCUT2D eigenvalue weighted by Crippen LogP contribution is -2.36. The van der Waals surface area contributed by atoms with E-state index in [2.05, 4.69) is 129 Å². The van der Waals surface area contributed by atoms with Crippen molar-refractivity contribution in [3.8, 4) is 22.6 Å². The lowest BCUT2D eigenvalue weighted by atomic mass is 9.71. The first-order chi connectivity index (χ1) is 20.1. The Balaban J connectivity index is 1.17. The van der Waals surface area contributed by atoms with Crippen molar-refractivity contribution in [1.29, 1.82) is 0 Å². The van der Waals surface area contributed by atoms with Crippen molar-refractivity contribution >= 4 is 32.3 Å². The van der Waals surface area contributed by atoms with Crippen molar-refractivity contribution < 1.29 is 9.47 Å². The molecule has 1 aliphatic carbocycles. The number of para-hydroxylation sites is 1. The van der Waals surface area contributed by atoms with Crippen molar-refractivity contribution in [2.24, 2.45) is 0 Å². The zero-order chi connectivity index (χ0) is 27.3. The first-order valence-electron chi connectivity index (χ1n) is 14.4. The van der Waals surface area contributed by atoms with E-state index in [9.17, 15) is 0 Å². The van der Waals surface area contributed by atoms with Gasteiger partial charge in [0.1, 0.15) is 17.3 Å². The summed E-state index contributed by atoms with van der Waals surface area (Å²) in [6, 6.07) is 39.4. The van der Waals surface area contributed by atoms with Crippen LogP contribution in [0.1, 0.15) is 30.9 Å². The van der Waals surface area contributed by atoms with Crippen molar-refractivity contribution in [3.05, 3.63) is 144 Å². The van der Waals surface area contributed by atoms with Crippen LogP contribution in [-0.2, 0) is 5.41 Å². The fraction of sp³-hybridized carbons (Fsp3) is 0.128. The molecule has 9 rings (SSSR count). The standard InChI is InChI=1S/C39H28O2/c1-39(2)33-19-18-31-30-13-7-8-14-35(30)40-37(31)38(33)41-36-20-16-24(22-34(36)39)23-15-17-29-27-11-4-3-9-25(27)26-10-5-6-12-28(26)32(29)21-23/h3-22,31,37H,1-2H3. The molecule has 2 aliphatic heterocycles. The zero-order valence-corrected chi connectivity index (χ0v) is 23.0. The van der Waals surface area contributed by atoms with E-state index in [1.54, 1.807) is 0 Å². The smallest absolute Gasteiger partial charge is 0.167 e. The topological polar surface area (TPSA) is 18.5 Å². The Labute approximate surface area is 239 Å². The van der Waals surface area contributed by atoms with Crippen LogP contribution in [0, 0.1) is 0 Å². The SMILES string of the molecule is CC1(C)C2=C(Oc3ccc(-c4ccc5c6ccccc6c6ccccc6c5c4)cc31)C1Oc3ccccc3C1C=C2. The molecule has 0 fully saturated rings. The third-order valence-corrected chi connectivity index (χ3v) is 9.48. The number of fused-ring (bicyclic) bond motifs is 11. The van der Waals surface area contributed by atoms with Crippen LogP contribution in [0.15, 0.2) is 133 Å². The number of rotatable bonds is 1. The molecule has 2 nitrogen and oxygen atoms in total. The number of allylic oxidation sites excluding steroid dienone is 2. The molecule has 2 unspecified atom stereocenters. The summed E-state index contributed by atoms with van der Waals surface area (Å²) in [4.78, 5) is 0. The van der Waals surface area contributed by atoms with Gasteiger partial charge in [-0.15, -0.1) is 0 Å². The second-order valence-corrected chi connectivity index (χ2v) is 12.0. The molecule has 2 heteroatoms. The Kier molecular flexibility index (Phi) is 4.54. The van der Waals surface area contributed by atoms with Crippen LogP contribution in [0.25, 0.3) is 43.4 Å². The minimum absolute atomic E-state index is 0.122. The van der Waals surface area contributed by atoms with E-state index >= 15 is 0 Å². The van der Waals surface area contributed by atoms with E-state index < -0.39 is 0 Å². The van der Waals surface area contributed by atoms with E-state index in [0.29, 0.717) is 0 Å². The highest BCUT2D eigenvalue weighted by Crippen LogP contribution is 2.53. The Hall–Kier alpha value is -4.82. The fourth-order valence-electron chi connectivity index (χ4n) is 7.36. The molecule has 0 bridgehead atoms. The molecule has 3 aliphatic rings. The summed E-state index contributed by atoms with van der Waals surface area (Å²) >= 11 is 0. The van der Waals surface area contributed by atoms with E-state index in [1.165, 1.54) is 60.1 Å². The number of hydrogen-bond donors (Lipinski definition) is 0. The Morgan fingerprint density at radius 1 is 0.585 bits per heavy atom. The van der Waals surface area contributed by atoms with E-state index in [-0.39, 0.29) is 17.4 Å². The average molecular weight is 529 g/mol. The molecule has 0 aromatic heterocycles. The van der Waals surface area contributed by atoms with Gasteiger partial charge in [0.2, 0.25) is 0 Å². The Morgan fingerprint density at radius 2 is 1.20 bits per heavy atom. The first kappa shape index (κ1) is 22.9. The summed E-state index contributed by atoms with van der Waals surface area (Å²) in [5.41, 5.74) is 5.83. The summed E-state index contributed by atoms with van der Waals surface area (Å²) in [5.74, 6) is 3.01. The van der Waals surface area contributed by atoms with Crippen molar-refractivity contribution in [2.75, 3.05) is 0 Å². The second kappa shape index (κ2) is 8.11. The maximum absolute atomic E-state index is 6.69. The van der Waals surface area contributed by atoms with Gasteiger partial charge in [0, 0.05) is 22.1 Å². The van der Waals surface area contributed by atoms with E-state index in [0.717, 1.165) is 17.3 Å². The molecule has 0 saturated carbocycles. The molecule has 2 atom stereocenters. The molecule has 41 heavy (non-hydrogen) atoms. The number of hydrogen-bond acceptors (Lipinski definition) is 2. The predicted molar refractivity (Wildman–Crippen MR) is 168 cm³/mol. The Bertz CT molecular complexity index is 2110. The van der Waals surface area contributed by atoms with Crippen LogP contribution in [0.5, 0.6) is 11.5 Å². The third-order valence-electron chi connectivity index (χ3n) is 9.48. The number of ether oxygens (including phenoxy) is 2. The summed E-state index contributed by atoms with van der Waals surface area (Å²) in [5, 5.41) is 7.76. The molecular formula is C39H28O2. The molecule has 2 heterocycles. The number of benzene rings is 6. The molecule has 0 spiro atoms. The van der Waals surface area contributed by atoms with Gasteiger partial charge in [0.25, 0.3) is 0 Å². The second-order valence-electron chi connectivity index (χ2n) is 12.0. The summed E-state index contributed by atoms with van der Waals surface area (Å²) < 4.78 is 13.1. The average Bonchev–Trinajstić information content (AvgIpc) is 3.40. The molecule has 0 saturated heterocycles. The first-order valence-corrected chi connectivity index (χ1v) is 14.4. The molecule has 6 aromatic rings. The van der Waals surface area contributed by atoms with Crippen LogP contribution < -0.4 is 9.47 Å². The molecule has 0 radical (unpaired) electrons. The van der Waals surface area contributed by atoms with Crippen molar-refractivity contribution in [2.45, 2.75) is 31.3 Å². The monoisotopic (exact) mass is 528 g/mol. The maximum atomic E-state index is 6.69. The van der Waals surface area contributed by atoms with Crippen molar-refractivity contribution in [3.63, 3.8) is 0 Å². The van der Waals surface area contributed by atoms with Gasteiger partial charge in [-0.2, -0.15) is 0 Å². The van der Waals surface area contributed by atoms with Crippen LogP contribution in [0.4, 0.5) is 0 Å². The van der Waals surface area contributed by atoms with Gasteiger partial charge in [0.15, 0.2) is 6.10 Å². The summed E-state index contributed by atoms with van der Waals surface area (Å²) in [6.07, 6.45) is 4.45. The van der Waals surface area contributed by atoms with Gasteiger partial charge in [-0.3, -0.25) is 0 Å². The minimum Gasteiger partial charge on any atom is -0.481 e. The highest BCUT2D eigenvalue weighted by molar-refractivity contribution is 6.25. The maximum Gasteiger partial charge on any atom is 0.167 e. The highest BCUT2D eigenvalue weighted by Gasteiger charge is 2.46. The predicted octanol–water partition coefficient (Wildman–Crippen LogP) is 9.85. The zero-order valence-electron chi connectivity index (χ0n) is 23.0. The van der Waals surface area contributed by atoms with Gasteiger partial charge < -0.3 is 9.47 Å². The molecule has 6 aromatic carbocycles. The van der Waals surface area contributed by atoms with Crippen molar-refractivity contribution in [1.82, 2.24) is 0 Å². The lowest BCUT2D eigenvalue weighted by molar-refractivity contribution is 0.182. The minimum atomic E-state index is -0.224. The fourth-order valence-corrected chi connectivity index (χ4v) is 7.36. The summed E-state index contributed by atoms with van der Waals surface area (Å²) in [7, 11) is 0. The van der Waals surface area contributed by atoms with Crippen LogP contribution in [0.3, 0.4) is 0 Å². The quantitative estimate of drug-likeness (QED) is 0.198. The van der Waals surface area contributed by atoms with Gasteiger partial charge >= 0.3 is 0 Å². The normalized spacial score (nSPS) is 19.9. The van der Waals surface area contributed by atoms with Crippen LogP contribution in [-0.4, -0.2) is 6.10 Å². The van der Waals surface area contributed by atoms with Crippen LogP contribution >= 0.6 is 0 Å². The molecule has 196 valence electrons.